The molecular weight excluding hydrogens is 320 g/mol. The average Bonchev–Trinajstić information content (AvgIpc) is 2.58. The number of Topliss-reactive ketones (excluding diaryl/α,β-unsaturated/α-hetero) is 4. The van der Waals surface area contributed by atoms with Crippen LogP contribution in [0.25, 0.3) is 0 Å². The lowest BCUT2D eigenvalue weighted by Crippen LogP contribution is -2.39. The fourth-order valence-corrected chi connectivity index (χ4v) is 3.77. The summed E-state index contributed by atoms with van der Waals surface area (Å²) in [6.45, 7) is 1.17. The van der Waals surface area contributed by atoms with E-state index in [4.69, 9.17) is 5.73 Å². The number of carbonyl (C=O) groups excluding carboxylic acids is 4. The van der Waals surface area contributed by atoms with Crippen LogP contribution in [-0.2, 0) is 9.59 Å². The van der Waals surface area contributed by atoms with Gasteiger partial charge in [-0.05, 0) is 25.5 Å². The molecule has 2 atom stereocenters. The largest absolute Gasteiger partial charge is 0.384 e. The van der Waals surface area contributed by atoms with E-state index in [9.17, 15) is 19.2 Å². The molecule has 2 unspecified atom stereocenters. The molecule has 2 aliphatic rings. The number of rotatable bonds is 5. The average molecular weight is 342 g/mol. The van der Waals surface area contributed by atoms with Gasteiger partial charge in [0.2, 0.25) is 0 Å². The van der Waals surface area contributed by atoms with Crippen LogP contribution in [0.3, 0.4) is 0 Å². The molecule has 0 aromatic heterocycles. The van der Waals surface area contributed by atoms with Gasteiger partial charge < -0.3 is 11.1 Å². The zero-order valence-electron chi connectivity index (χ0n) is 14.0. The number of ketones is 4. The quantitative estimate of drug-likeness (QED) is 0.624. The Balaban J connectivity index is 1.88. The number of fused-ring (bicyclic) bond motifs is 1. The Morgan fingerprint density at radius 2 is 1.92 bits per heavy atom. The van der Waals surface area contributed by atoms with Crippen LogP contribution in [0, 0.1) is 11.8 Å². The summed E-state index contributed by atoms with van der Waals surface area (Å²) in [5.41, 5.74) is 6.93. The molecule has 0 saturated heterocycles. The van der Waals surface area contributed by atoms with Gasteiger partial charge in [0.25, 0.3) is 0 Å². The Kier molecular flexibility index (Phi) is 5.08. The zero-order valence-corrected chi connectivity index (χ0v) is 14.0. The number of carbonyl (C=O) groups is 4. The van der Waals surface area contributed by atoms with Crippen LogP contribution in [0.4, 0.5) is 5.69 Å². The maximum Gasteiger partial charge on any atom is 0.167 e. The lowest BCUT2D eigenvalue weighted by molar-refractivity contribution is -0.133. The highest BCUT2D eigenvalue weighted by Crippen LogP contribution is 2.37. The molecule has 0 bridgehead atoms. The van der Waals surface area contributed by atoms with Crippen molar-refractivity contribution in [2.24, 2.45) is 17.6 Å². The molecule has 3 rings (SSSR count). The molecule has 1 saturated carbocycles. The maximum absolute atomic E-state index is 12.9. The Morgan fingerprint density at radius 3 is 2.64 bits per heavy atom. The van der Waals surface area contributed by atoms with Crippen LogP contribution < -0.4 is 11.1 Å². The third kappa shape index (κ3) is 3.39. The summed E-state index contributed by atoms with van der Waals surface area (Å²) in [5, 5.41) is 3.17. The standard InChI is InChI=1S/C19H22N2O4/c20-7-2-8-21-15-4-1-3-13-18(15)17(24)10-14(19(13)25)12-6-5-11(22)9-16(12)23/h1,3-4,12,14,21H,2,5-10,20H2. The summed E-state index contributed by atoms with van der Waals surface area (Å²) in [5.74, 6) is -1.73. The van der Waals surface area contributed by atoms with Gasteiger partial charge >= 0.3 is 0 Å². The maximum atomic E-state index is 12.9. The molecule has 0 radical (unpaired) electrons. The second kappa shape index (κ2) is 7.27. The fourth-order valence-electron chi connectivity index (χ4n) is 3.77. The van der Waals surface area contributed by atoms with E-state index in [0.29, 0.717) is 42.7 Å². The van der Waals surface area contributed by atoms with Crippen molar-refractivity contribution in [1.82, 2.24) is 0 Å². The van der Waals surface area contributed by atoms with Crippen LogP contribution in [0.2, 0.25) is 0 Å². The first kappa shape index (κ1) is 17.5. The van der Waals surface area contributed by atoms with Crippen molar-refractivity contribution in [3.63, 3.8) is 0 Å². The van der Waals surface area contributed by atoms with Gasteiger partial charge in [-0.3, -0.25) is 19.2 Å². The molecule has 6 heteroatoms. The number of hydrogen-bond acceptors (Lipinski definition) is 6. The second-order valence-electron chi connectivity index (χ2n) is 6.72. The van der Waals surface area contributed by atoms with Gasteiger partial charge in [-0.25, -0.2) is 0 Å². The Labute approximate surface area is 146 Å². The number of nitrogens with one attached hydrogen (secondary N) is 1. The van der Waals surface area contributed by atoms with Gasteiger partial charge in [0.1, 0.15) is 11.6 Å². The SMILES string of the molecule is NCCCNc1cccc2c1C(=O)CC(C1CCC(=O)CC1=O)C2=O. The third-order valence-electron chi connectivity index (χ3n) is 5.05. The van der Waals surface area contributed by atoms with Crippen molar-refractivity contribution >= 4 is 28.8 Å². The highest BCUT2D eigenvalue weighted by atomic mass is 16.2. The summed E-state index contributed by atoms with van der Waals surface area (Å²) in [6, 6.07) is 5.17. The molecule has 0 aliphatic heterocycles. The molecule has 3 N–H and O–H groups in total. The van der Waals surface area contributed by atoms with E-state index < -0.39 is 11.8 Å². The van der Waals surface area contributed by atoms with Crippen LogP contribution in [-0.4, -0.2) is 36.2 Å². The van der Waals surface area contributed by atoms with Crippen molar-refractivity contribution in [2.75, 3.05) is 18.4 Å². The van der Waals surface area contributed by atoms with Crippen molar-refractivity contribution in [3.8, 4) is 0 Å². The van der Waals surface area contributed by atoms with Gasteiger partial charge in [0.05, 0.1) is 12.0 Å². The Bertz CT molecular complexity index is 741. The van der Waals surface area contributed by atoms with Crippen molar-refractivity contribution < 1.29 is 19.2 Å². The van der Waals surface area contributed by atoms with Gasteiger partial charge in [-0.1, -0.05) is 12.1 Å². The van der Waals surface area contributed by atoms with Gasteiger partial charge in [-0.15, -0.1) is 0 Å². The number of benzene rings is 1. The molecule has 1 aromatic rings. The summed E-state index contributed by atoms with van der Waals surface area (Å²) in [7, 11) is 0. The summed E-state index contributed by atoms with van der Waals surface area (Å²) in [6.07, 6.45) is 1.36. The molecule has 132 valence electrons. The molecular formula is C19H22N2O4. The second-order valence-corrected chi connectivity index (χ2v) is 6.72. The minimum Gasteiger partial charge on any atom is -0.384 e. The number of anilines is 1. The van der Waals surface area contributed by atoms with Crippen LogP contribution in [0.1, 0.15) is 52.8 Å². The minimum atomic E-state index is -0.639. The van der Waals surface area contributed by atoms with Gasteiger partial charge in [0.15, 0.2) is 11.6 Å². The molecule has 0 heterocycles. The van der Waals surface area contributed by atoms with Gasteiger partial charge in [0, 0.05) is 42.5 Å². The summed E-state index contributed by atoms with van der Waals surface area (Å²) >= 11 is 0. The van der Waals surface area contributed by atoms with E-state index in [2.05, 4.69) is 5.32 Å². The summed E-state index contributed by atoms with van der Waals surface area (Å²) < 4.78 is 0. The Morgan fingerprint density at radius 1 is 1.12 bits per heavy atom. The van der Waals surface area contributed by atoms with Crippen LogP contribution >= 0.6 is 0 Å². The highest BCUT2D eigenvalue weighted by Gasteiger charge is 2.42. The normalized spacial score (nSPS) is 23.6. The van der Waals surface area contributed by atoms with E-state index in [0.717, 1.165) is 6.42 Å². The molecule has 0 amide bonds. The monoisotopic (exact) mass is 342 g/mol. The van der Waals surface area contributed by atoms with Crippen molar-refractivity contribution in [3.05, 3.63) is 29.3 Å². The van der Waals surface area contributed by atoms with Crippen molar-refractivity contribution in [1.29, 1.82) is 0 Å². The highest BCUT2D eigenvalue weighted by molar-refractivity contribution is 6.19. The third-order valence-corrected chi connectivity index (χ3v) is 5.05. The molecule has 1 fully saturated rings. The first-order valence-electron chi connectivity index (χ1n) is 8.71. The molecule has 6 nitrogen and oxygen atoms in total. The van der Waals surface area contributed by atoms with E-state index in [1.54, 1.807) is 18.2 Å². The molecule has 2 aliphatic carbocycles. The molecule has 0 spiro atoms. The lowest BCUT2D eigenvalue weighted by Gasteiger charge is -2.31. The number of hydrogen-bond donors (Lipinski definition) is 2. The first-order chi connectivity index (χ1) is 12.0. The molecule has 1 aromatic carbocycles. The molecule has 25 heavy (non-hydrogen) atoms. The van der Waals surface area contributed by atoms with Crippen LogP contribution in [0.15, 0.2) is 18.2 Å². The predicted molar refractivity (Wildman–Crippen MR) is 92.7 cm³/mol. The van der Waals surface area contributed by atoms with E-state index >= 15 is 0 Å². The van der Waals surface area contributed by atoms with E-state index in [1.165, 1.54) is 0 Å². The van der Waals surface area contributed by atoms with E-state index in [-0.39, 0.29) is 36.0 Å². The van der Waals surface area contributed by atoms with Gasteiger partial charge in [-0.2, -0.15) is 0 Å². The smallest absolute Gasteiger partial charge is 0.167 e. The zero-order chi connectivity index (χ0) is 18.0. The fraction of sp³-hybridized carbons (Fsp3) is 0.474. The first-order valence-corrected chi connectivity index (χ1v) is 8.71. The van der Waals surface area contributed by atoms with E-state index in [1.807, 2.05) is 0 Å². The number of nitrogens with two attached hydrogens (primary N) is 1. The lowest BCUT2D eigenvalue weighted by atomic mass is 9.69. The minimum absolute atomic E-state index is 0.0337. The summed E-state index contributed by atoms with van der Waals surface area (Å²) in [4.78, 5) is 49.3. The van der Waals surface area contributed by atoms with Crippen LogP contribution in [0.5, 0.6) is 0 Å². The topological polar surface area (TPSA) is 106 Å². The predicted octanol–water partition coefficient (Wildman–Crippen LogP) is 1.77. The van der Waals surface area contributed by atoms with Crippen molar-refractivity contribution in [2.45, 2.75) is 32.1 Å². The Hall–Kier alpha value is -2.34.